The summed E-state index contributed by atoms with van der Waals surface area (Å²) in [6, 6.07) is 0. The SMILES string of the molecule is O=C(O[C@H]1CCOC1)C1CC1(Cl)Cl. The summed E-state index contributed by atoms with van der Waals surface area (Å²) in [5.41, 5.74) is 0. The van der Waals surface area contributed by atoms with Crippen molar-refractivity contribution in [1.82, 2.24) is 0 Å². The van der Waals surface area contributed by atoms with Crippen LogP contribution in [0.3, 0.4) is 0 Å². The second-order valence-corrected chi connectivity index (χ2v) is 4.98. The van der Waals surface area contributed by atoms with E-state index in [0.717, 1.165) is 6.42 Å². The molecule has 2 aliphatic rings. The lowest BCUT2D eigenvalue weighted by atomic mass is 10.3. The van der Waals surface area contributed by atoms with Crippen LogP contribution in [-0.4, -0.2) is 29.6 Å². The van der Waals surface area contributed by atoms with E-state index in [0.29, 0.717) is 19.6 Å². The Labute approximate surface area is 86.3 Å². The maximum absolute atomic E-state index is 11.3. The van der Waals surface area contributed by atoms with Crippen LogP contribution >= 0.6 is 23.2 Å². The molecule has 74 valence electrons. The molecule has 2 fully saturated rings. The molecule has 3 nitrogen and oxygen atoms in total. The Bertz CT molecular complexity index is 223. The molecule has 0 aromatic rings. The lowest BCUT2D eigenvalue weighted by Crippen LogP contribution is -2.20. The maximum atomic E-state index is 11.3. The number of rotatable bonds is 2. The van der Waals surface area contributed by atoms with Gasteiger partial charge in [-0.15, -0.1) is 23.2 Å². The van der Waals surface area contributed by atoms with Crippen LogP contribution in [0.15, 0.2) is 0 Å². The third-order valence-electron chi connectivity index (χ3n) is 2.28. The lowest BCUT2D eigenvalue weighted by molar-refractivity contribution is -0.150. The van der Waals surface area contributed by atoms with Crippen LogP contribution in [0.1, 0.15) is 12.8 Å². The van der Waals surface area contributed by atoms with Crippen molar-refractivity contribution < 1.29 is 14.3 Å². The largest absolute Gasteiger partial charge is 0.460 e. The van der Waals surface area contributed by atoms with E-state index in [1.807, 2.05) is 0 Å². The molecule has 1 saturated carbocycles. The normalized spacial score (nSPS) is 35.8. The van der Waals surface area contributed by atoms with Crippen molar-refractivity contribution in [2.24, 2.45) is 5.92 Å². The van der Waals surface area contributed by atoms with Crippen molar-refractivity contribution in [1.29, 1.82) is 0 Å². The van der Waals surface area contributed by atoms with E-state index in [4.69, 9.17) is 32.7 Å². The zero-order valence-corrected chi connectivity index (χ0v) is 8.48. The Morgan fingerprint density at radius 1 is 1.54 bits per heavy atom. The highest BCUT2D eigenvalue weighted by atomic mass is 35.5. The summed E-state index contributed by atoms with van der Waals surface area (Å²) in [7, 11) is 0. The monoisotopic (exact) mass is 224 g/mol. The molecule has 1 saturated heterocycles. The van der Waals surface area contributed by atoms with Gasteiger partial charge in [0.1, 0.15) is 10.4 Å². The highest BCUT2D eigenvalue weighted by Crippen LogP contribution is 2.53. The first kappa shape index (κ1) is 9.56. The van der Waals surface area contributed by atoms with Gasteiger partial charge in [-0.05, 0) is 6.42 Å². The van der Waals surface area contributed by atoms with Gasteiger partial charge >= 0.3 is 5.97 Å². The molecule has 1 aliphatic carbocycles. The number of halogens is 2. The fourth-order valence-electron chi connectivity index (χ4n) is 1.32. The lowest BCUT2D eigenvalue weighted by Gasteiger charge is -2.09. The summed E-state index contributed by atoms with van der Waals surface area (Å²) in [4.78, 5) is 11.3. The minimum Gasteiger partial charge on any atom is -0.460 e. The van der Waals surface area contributed by atoms with Gasteiger partial charge in [0, 0.05) is 6.42 Å². The molecule has 1 aliphatic heterocycles. The van der Waals surface area contributed by atoms with Crippen LogP contribution in [0.2, 0.25) is 0 Å². The fourth-order valence-corrected chi connectivity index (χ4v) is 1.81. The molecule has 0 aromatic carbocycles. The molecule has 1 heterocycles. The van der Waals surface area contributed by atoms with E-state index in [9.17, 15) is 4.79 Å². The summed E-state index contributed by atoms with van der Waals surface area (Å²) in [6.07, 6.45) is 1.18. The standard InChI is InChI=1S/C8H10Cl2O3/c9-8(10)3-6(8)7(11)13-5-1-2-12-4-5/h5-6H,1-4H2/t5-,6?/m0/s1. The van der Waals surface area contributed by atoms with Crippen molar-refractivity contribution in [3.05, 3.63) is 0 Å². The molecule has 2 rings (SSSR count). The van der Waals surface area contributed by atoms with Crippen molar-refractivity contribution in [2.45, 2.75) is 23.3 Å². The molecule has 0 bridgehead atoms. The number of alkyl halides is 2. The van der Waals surface area contributed by atoms with Gasteiger partial charge in [0.25, 0.3) is 0 Å². The van der Waals surface area contributed by atoms with Crippen LogP contribution in [0.4, 0.5) is 0 Å². The molecule has 1 unspecified atom stereocenters. The van der Waals surface area contributed by atoms with Crippen LogP contribution in [0, 0.1) is 5.92 Å². The molecular formula is C8H10Cl2O3. The van der Waals surface area contributed by atoms with Crippen LogP contribution in [0.25, 0.3) is 0 Å². The summed E-state index contributed by atoms with van der Waals surface area (Å²) in [5.74, 6) is -0.628. The number of carbonyl (C=O) groups excluding carboxylic acids is 1. The van der Waals surface area contributed by atoms with Gasteiger partial charge in [-0.1, -0.05) is 0 Å². The molecule has 0 N–H and O–H groups in total. The van der Waals surface area contributed by atoms with Crippen molar-refractivity contribution in [3.63, 3.8) is 0 Å². The van der Waals surface area contributed by atoms with Gasteiger partial charge in [-0.2, -0.15) is 0 Å². The van der Waals surface area contributed by atoms with Crippen LogP contribution in [-0.2, 0) is 14.3 Å². The highest BCUT2D eigenvalue weighted by Gasteiger charge is 2.57. The maximum Gasteiger partial charge on any atom is 0.312 e. The van der Waals surface area contributed by atoms with Gasteiger partial charge in [-0.3, -0.25) is 4.79 Å². The van der Waals surface area contributed by atoms with Crippen LogP contribution < -0.4 is 0 Å². The quantitative estimate of drug-likeness (QED) is 0.527. The average Bonchev–Trinajstić information content (AvgIpc) is 2.49. The predicted octanol–water partition coefficient (Wildman–Crippen LogP) is 1.51. The molecule has 0 amide bonds. The van der Waals surface area contributed by atoms with E-state index in [2.05, 4.69) is 0 Å². The molecule has 5 heteroatoms. The summed E-state index contributed by atoms with van der Waals surface area (Å²) >= 11 is 11.4. The van der Waals surface area contributed by atoms with Gasteiger partial charge < -0.3 is 9.47 Å². The Balaban J connectivity index is 1.79. The summed E-state index contributed by atoms with van der Waals surface area (Å²) < 4.78 is 9.33. The Kier molecular flexibility index (Phi) is 2.43. The van der Waals surface area contributed by atoms with E-state index in [1.54, 1.807) is 0 Å². The summed E-state index contributed by atoms with van der Waals surface area (Å²) in [6.45, 7) is 1.16. The Morgan fingerprint density at radius 2 is 2.23 bits per heavy atom. The first-order chi connectivity index (χ1) is 6.09. The number of esters is 1. The Morgan fingerprint density at radius 3 is 2.69 bits per heavy atom. The zero-order chi connectivity index (χ0) is 9.47. The third-order valence-corrected chi connectivity index (χ3v) is 3.12. The number of hydrogen-bond acceptors (Lipinski definition) is 3. The predicted molar refractivity (Wildman–Crippen MR) is 47.9 cm³/mol. The van der Waals surface area contributed by atoms with Gasteiger partial charge in [0.15, 0.2) is 0 Å². The topological polar surface area (TPSA) is 35.5 Å². The number of hydrogen-bond donors (Lipinski definition) is 0. The molecule has 0 radical (unpaired) electrons. The number of ether oxygens (including phenoxy) is 2. The minimum absolute atomic E-state index is 0.0998. The van der Waals surface area contributed by atoms with E-state index in [-0.39, 0.29) is 18.0 Å². The summed E-state index contributed by atoms with van der Waals surface area (Å²) in [5, 5.41) is 0. The van der Waals surface area contributed by atoms with Crippen molar-refractivity contribution in [2.75, 3.05) is 13.2 Å². The highest BCUT2D eigenvalue weighted by molar-refractivity contribution is 6.52. The zero-order valence-electron chi connectivity index (χ0n) is 6.96. The molecule has 0 spiro atoms. The molecule has 13 heavy (non-hydrogen) atoms. The second kappa shape index (κ2) is 3.30. The molecular weight excluding hydrogens is 215 g/mol. The Hall–Kier alpha value is 0.01000. The molecule has 2 atom stereocenters. The average molecular weight is 225 g/mol. The first-order valence-corrected chi connectivity index (χ1v) is 5.01. The first-order valence-electron chi connectivity index (χ1n) is 4.25. The number of carbonyl (C=O) groups is 1. The van der Waals surface area contributed by atoms with E-state index < -0.39 is 4.33 Å². The smallest absolute Gasteiger partial charge is 0.312 e. The van der Waals surface area contributed by atoms with E-state index >= 15 is 0 Å². The van der Waals surface area contributed by atoms with Gasteiger partial charge in [0.2, 0.25) is 0 Å². The van der Waals surface area contributed by atoms with Gasteiger partial charge in [0.05, 0.1) is 19.1 Å². The molecule has 0 aromatic heterocycles. The van der Waals surface area contributed by atoms with E-state index in [1.165, 1.54) is 0 Å². The second-order valence-electron chi connectivity index (χ2n) is 3.44. The minimum atomic E-state index is -0.878. The fraction of sp³-hybridized carbons (Fsp3) is 0.875. The van der Waals surface area contributed by atoms with Crippen molar-refractivity contribution >= 4 is 29.2 Å². The van der Waals surface area contributed by atoms with Crippen molar-refractivity contribution in [3.8, 4) is 0 Å². The van der Waals surface area contributed by atoms with Crippen LogP contribution in [0.5, 0.6) is 0 Å². The van der Waals surface area contributed by atoms with Gasteiger partial charge in [-0.25, -0.2) is 0 Å². The third kappa shape index (κ3) is 2.09.